The highest BCUT2D eigenvalue weighted by Crippen LogP contribution is 2.46. The van der Waals surface area contributed by atoms with Crippen molar-refractivity contribution in [2.75, 3.05) is 0 Å². The molecule has 96 valence electrons. The molecule has 0 amide bonds. The molecule has 0 unspecified atom stereocenters. The molecule has 1 nitrogen and oxygen atoms in total. The number of benzene rings is 1. The van der Waals surface area contributed by atoms with E-state index < -0.39 is 6.10 Å². The zero-order valence-electron chi connectivity index (χ0n) is 10.3. The van der Waals surface area contributed by atoms with E-state index in [0.29, 0.717) is 16.4 Å². The molecule has 0 aromatic heterocycles. The first-order valence-electron chi connectivity index (χ1n) is 5.92. The predicted molar refractivity (Wildman–Crippen MR) is 74.8 cm³/mol. The van der Waals surface area contributed by atoms with Gasteiger partial charge in [-0.15, -0.1) is 12.4 Å². The lowest BCUT2D eigenvalue weighted by molar-refractivity contribution is 0.105. The zero-order chi connectivity index (χ0) is 11.8. The first kappa shape index (κ1) is 14.8. The van der Waals surface area contributed by atoms with Crippen LogP contribution in [0.1, 0.15) is 44.8 Å². The van der Waals surface area contributed by atoms with Crippen molar-refractivity contribution in [1.29, 1.82) is 0 Å². The lowest BCUT2D eigenvalue weighted by Gasteiger charge is -2.22. The van der Waals surface area contributed by atoms with Crippen LogP contribution in [0.5, 0.6) is 0 Å². The van der Waals surface area contributed by atoms with Gasteiger partial charge in [0, 0.05) is 5.02 Å². The summed E-state index contributed by atoms with van der Waals surface area (Å²) in [6.07, 6.45) is 2.97. The molecule has 0 saturated heterocycles. The summed E-state index contributed by atoms with van der Waals surface area (Å²) in [6.45, 7) is 4.54. The molecule has 1 aliphatic carbocycles. The van der Waals surface area contributed by atoms with E-state index in [1.54, 1.807) is 0 Å². The monoisotopic (exact) mass is 274 g/mol. The molecule has 17 heavy (non-hydrogen) atoms. The van der Waals surface area contributed by atoms with Crippen LogP contribution >= 0.6 is 24.0 Å². The number of hydrogen-bond acceptors (Lipinski definition) is 1. The Kier molecular flexibility index (Phi) is 4.88. The Bertz CT molecular complexity index is 376. The lowest BCUT2D eigenvalue weighted by Crippen LogP contribution is -2.12. The van der Waals surface area contributed by atoms with Gasteiger partial charge in [-0.2, -0.15) is 0 Å². The Morgan fingerprint density at radius 2 is 2.00 bits per heavy atom. The first-order valence-corrected chi connectivity index (χ1v) is 6.30. The predicted octanol–water partition coefficient (Wildman–Crippen LogP) is 4.62. The van der Waals surface area contributed by atoms with E-state index >= 15 is 0 Å². The van der Waals surface area contributed by atoms with E-state index in [1.807, 2.05) is 24.3 Å². The Morgan fingerprint density at radius 1 is 1.35 bits per heavy atom. The minimum atomic E-state index is -0.407. The van der Waals surface area contributed by atoms with Gasteiger partial charge in [0.05, 0.1) is 6.10 Å². The van der Waals surface area contributed by atoms with Gasteiger partial charge < -0.3 is 5.11 Å². The van der Waals surface area contributed by atoms with Crippen molar-refractivity contribution in [2.24, 2.45) is 11.3 Å². The van der Waals surface area contributed by atoms with E-state index in [-0.39, 0.29) is 12.4 Å². The molecule has 1 aromatic rings. The molecule has 2 rings (SSSR count). The van der Waals surface area contributed by atoms with Gasteiger partial charge in [-0.3, -0.25) is 0 Å². The van der Waals surface area contributed by atoms with Gasteiger partial charge in [-0.05, 0) is 42.2 Å². The van der Waals surface area contributed by atoms with Crippen molar-refractivity contribution in [1.82, 2.24) is 0 Å². The second-order valence-corrected chi connectivity index (χ2v) is 6.04. The molecule has 3 heteroatoms. The van der Waals surface area contributed by atoms with E-state index in [1.165, 1.54) is 6.42 Å². The number of aliphatic hydroxyl groups is 1. The highest BCUT2D eigenvalue weighted by atomic mass is 35.5. The Morgan fingerprint density at radius 3 is 2.53 bits per heavy atom. The van der Waals surface area contributed by atoms with E-state index in [0.717, 1.165) is 18.4 Å². The van der Waals surface area contributed by atoms with Gasteiger partial charge >= 0.3 is 0 Å². The highest BCUT2D eigenvalue weighted by molar-refractivity contribution is 6.31. The molecule has 2 atom stereocenters. The van der Waals surface area contributed by atoms with Crippen LogP contribution in [0.4, 0.5) is 0 Å². The molecule has 0 bridgehead atoms. The maximum absolute atomic E-state index is 10.3. The summed E-state index contributed by atoms with van der Waals surface area (Å²) >= 11 is 6.11. The van der Waals surface area contributed by atoms with Crippen LogP contribution in [-0.4, -0.2) is 5.11 Å². The molecular formula is C14H20Cl2O. The van der Waals surface area contributed by atoms with Crippen LogP contribution in [0.3, 0.4) is 0 Å². The number of rotatable bonds is 2. The van der Waals surface area contributed by atoms with Gasteiger partial charge in [0.25, 0.3) is 0 Å². The minimum Gasteiger partial charge on any atom is -0.388 e. The molecule has 1 saturated carbocycles. The van der Waals surface area contributed by atoms with Gasteiger partial charge in [0.1, 0.15) is 0 Å². The number of aliphatic hydroxyl groups excluding tert-OH is 1. The normalized spacial score (nSPS) is 24.1. The quantitative estimate of drug-likeness (QED) is 0.834. The molecular weight excluding hydrogens is 255 g/mol. The molecule has 1 aliphatic rings. The number of hydrogen-bond donors (Lipinski definition) is 1. The molecule has 1 fully saturated rings. The Labute approximate surface area is 115 Å². The maximum atomic E-state index is 10.3. The summed E-state index contributed by atoms with van der Waals surface area (Å²) in [4.78, 5) is 0. The molecule has 1 aromatic carbocycles. The van der Waals surface area contributed by atoms with Crippen LogP contribution in [0.2, 0.25) is 5.02 Å². The minimum absolute atomic E-state index is 0. The summed E-state index contributed by atoms with van der Waals surface area (Å²) < 4.78 is 0. The third-order valence-electron chi connectivity index (χ3n) is 3.68. The fourth-order valence-corrected chi connectivity index (χ4v) is 2.98. The van der Waals surface area contributed by atoms with Crippen molar-refractivity contribution in [3.8, 4) is 0 Å². The molecule has 0 aliphatic heterocycles. The molecule has 0 radical (unpaired) electrons. The zero-order valence-corrected chi connectivity index (χ0v) is 11.9. The van der Waals surface area contributed by atoms with Crippen molar-refractivity contribution in [3.63, 3.8) is 0 Å². The standard InChI is InChI=1S/C14H19ClO.ClH/c1-14(2)8-7-10(9-14)13(16)11-5-3-4-6-12(11)15;/h3-6,10,13,16H,7-9H2,1-2H3;1H/t10-,13+;/m0./s1. The average molecular weight is 275 g/mol. The highest BCUT2D eigenvalue weighted by Gasteiger charge is 2.35. The van der Waals surface area contributed by atoms with Gasteiger partial charge in [0.2, 0.25) is 0 Å². The van der Waals surface area contributed by atoms with Crippen molar-refractivity contribution in [3.05, 3.63) is 34.9 Å². The van der Waals surface area contributed by atoms with E-state index in [2.05, 4.69) is 13.8 Å². The van der Waals surface area contributed by atoms with Crippen LogP contribution in [0.25, 0.3) is 0 Å². The first-order chi connectivity index (χ1) is 7.49. The third-order valence-corrected chi connectivity index (χ3v) is 4.02. The fourth-order valence-electron chi connectivity index (χ4n) is 2.73. The second-order valence-electron chi connectivity index (χ2n) is 5.63. The Hall–Kier alpha value is -0.240. The van der Waals surface area contributed by atoms with Gasteiger partial charge in [-0.1, -0.05) is 43.6 Å². The molecule has 1 N–H and O–H groups in total. The second kappa shape index (κ2) is 5.60. The lowest BCUT2D eigenvalue weighted by atomic mass is 9.87. The average Bonchev–Trinajstić information content (AvgIpc) is 2.59. The summed E-state index contributed by atoms with van der Waals surface area (Å²) in [5.74, 6) is 0.356. The van der Waals surface area contributed by atoms with Crippen LogP contribution in [-0.2, 0) is 0 Å². The SMILES string of the molecule is CC1(C)CC[C@H]([C@@H](O)c2ccccc2Cl)C1.Cl. The van der Waals surface area contributed by atoms with Gasteiger partial charge in [0.15, 0.2) is 0 Å². The summed E-state index contributed by atoms with van der Waals surface area (Å²) in [6, 6.07) is 7.61. The largest absolute Gasteiger partial charge is 0.388 e. The fraction of sp³-hybridized carbons (Fsp3) is 0.571. The van der Waals surface area contributed by atoms with Crippen molar-refractivity contribution < 1.29 is 5.11 Å². The Balaban J connectivity index is 0.00000144. The molecule has 0 heterocycles. The smallest absolute Gasteiger partial charge is 0.0832 e. The number of halogens is 2. The van der Waals surface area contributed by atoms with E-state index in [9.17, 15) is 5.11 Å². The van der Waals surface area contributed by atoms with E-state index in [4.69, 9.17) is 11.6 Å². The van der Waals surface area contributed by atoms with Gasteiger partial charge in [-0.25, -0.2) is 0 Å². The summed E-state index contributed by atoms with van der Waals surface area (Å²) in [7, 11) is 0. The van der Waals surface area contributed by atoms with Crippen molar-refractivity contribution >= 4 is 24.0 Å². The van der Waals surface area contributed by atoms with Crippen LogP contribution in [0, 0.1) is 11.3 Å². The van der Waals surface area contributed by atoms with Crippen LogP contribution < -0.4 is 0 Å². The topological polar surface area (TPSA) is 20.2 Å². The third kappa shape index (κ3) is 3.37. The van der Waals surface area contributed by atoms with Crippen LogP contribution in [0.15, 0.2) is 24.3 Å². The summed E-state index contributed by atoms with van der Waals surface area (Å²) in [5.41, 5.74) is 1.25. The summed E-state index contributed by atoms with van der Waals surface area (Å²) in [5, 5.41) is 11.0. The van der Waals surface area contributed by atoms with Crippen molar-refractivity contribution in [2.45, 2.75) is 39.2 Å². The maximum Gasteiger partial charge on any atom is 0.0832 e. The molecule has 0 spiro atoms.